The highest BCUT2D eigenvalue weighted by Gasteiger charge is 2.24. The highest BCUT2D eigenvalue weighted by Crippen LogP contribution is 2.28. The van der Waals surface area contributed by atoms with E-state index < -0.39 is 0 Å². The zero-order valence-corrected chi connectivity index (χ0v) is 15.3. The van der Waals surface area contributed by atoms with Gasteiger partial charge in [0.1, 0.15) is 0 Å². The smallest absolute Gasteiger partial charge is 0.191 e. The molecular weight excluding hydrogens is 306 g/mol. The maximum Gasteiger partial charge on any atom is 0.191 e. The molecule has 1 aliphatic rings. The number of hydrogen-bond donors (Lipinski definition) is 2. The molecule has 1 aromatic carbocycles. The molecule has 2 unspecified atom stereocenters. The Bertz CT molecular complexity index is 507. The molecule has 5 heteroatoms. The van der Waals surface area contributed by atoms with Crippen molar-refractivity contribution in [2.24, 2.45) is 4.99 Å². The lowest BCUT2D eigenvalue weighted by Gasteiger charge is -2.18. The van der Waals surface area contributed by atoms with E-state index in [0.29, 0.717) is 12.6 Å². The first kappa shape index (κ1) is 18.1. The fourth-order valence-electron chi connectivity index (χ4n) is 2.94. The highest BCUT2D eigenvalue weighted by atomic mass is 32.2. The molecule has 0 heterocycles. The van der Waals surface area contributed by atoms with Gasteiger partial charge < -0.3 is 15.4 Å². The van der Waals surface area contributed by atoms with E-state index in [0.717, 1.165) is 24.4 Å². The van der Waals surface area contributed by atoms with Crippen LogP contribution < -0.4 is 10.6 Å². The van der Waals surface area contributed by atoms with Crippen molar-refractivity contribution >= 4 is 17.7 Å². The lowest BCUT2D eigenvalue weighted by atomic mass is 10.1. The molecule has 1 saturated carbocycles. The molecule has 0 aliphatic heterocycles. The van der Waals surface area contributed by atoms with Crippen LogP contribution in [-0.2, 0) is 17.9 Å². The Balaban J connectivity index is 1.86. The number of nitrogens with one attached hydrogen (secondary N) is 2. The first-order chi connectivity index (χ1) is 11.3. The molecule has 2 rings (SSSR count). The summed E-state index contributed by atoms with van der Waals surface area (Å²) < 4.78 is 5.55. The van der Waals surface area contributed by atoms with Crippen LogP contribution in [0.25, 0.3) is 0 Å². The third-order valence-electron chi connectivity index (χ3n) is 4.31. The number of benzene rings is 1. The van der Waals surface area contributed by atoms with Crippen LogP contribution in [0.1, 0.15) is 37.3 Å². The molecule has 1 aliphatic carbocycles. The Hall–Kier alpha value is -1.20. The van der Waals surface area contributed by atoms with Crippen LogP contribution in [-0.4, -0.2) is 37.2 Å². The Labute approximate surface area is 144 Å². The standard InChI is InChI=1S/C18H29N3OS/c1-4-22-13-15-8-6-5-7-14(15)12-20-18(19-2)21-16-9-10-17(11-16)23-3/h5-8,16-17H,4,9-13H2,1-3H3,(H2,19,20,21). The maximum atomic E-state index is 5.55. The van der Waals surface area contributed by atoms with Gasteiger partial charge in [-0.25, -0.2) is 0 Å². The zero-order valence-electron chi connectivity index (χ0n) is 14.5. The number of aliphatic imine (C=N–C) groups is 1. The minimum Gasteiger partial charge on any atom is -0.377 e. The molecule has 0 bridgehead atoms. The van der Waals surface area contributed by atoms with E-state index in [1.807, 2.05) is 25.7 Å². The quantitative estimate of drug-likeness (QED) is 0.593. The van der Waals surface area contributed by atoms with Gasteiger partial charge in [-0.1, -0.05) is 24.3 Å². The molecule has 23 heavy (non-hydrogen) atoms. The molecule has 4 nitrogen and oxygen atoms in total. The Kier molecular flexibility index (Phi) is 7.76. The monoisotopic (exact) mass is 335 g/mol. The van der Waals surface area contributed by atoms with E-state index in [1.165, 1.54) is 30.4 Å². The van der Waals surface area contributed by atoms with Crippen molar-refractivity contribution in [2.45, 2.75) is 50.6 Å². The summed E-state index contributed by atoms with van der Waals surface area (Å²) in [6, 6.07) is 8.95. The minimum atomic E-state index is 0.539. The first-order valence-electron chi connectivity index (χ1n) is 8.41. The average Bonchev–Trinajstić information content (AvgIpc) is 3.05. The molecule has 0 spiro atoms. The fraction of sp³-hybridized carbons (Fsp3) is 0.611. The van der Waals surface area contributed by atoms with Crippen LogP contribution in [0.3, 0.4) is 0 Å². The molecule has 0 amide bonds. The number of guanidine groups is 1. The van der Waals surface area contributed by atoms with E-state index in [9.17, 15) is 0 Å². The van der Waals surface area contributed by atoms with Gasteiger partial charge in [0.15, 0.2) is 5.96 Å². The number of thioether (sulfide) groups is 1. The third-order valence-corrected chi connectivity index (χ3v) is 5.40. The summed E-state index contributed by atoms with van der Waals surface area (Å²) in [7, 11) is 1.84. The normalized spacial score (nSPS) is 21.4. The molecule has 128 valence electrons. The number of nitrogens with zero attached hydrogens (tertiary/aromatic N) is 1. The van der Waals surface area contributed by atoms with Crippen LogP contribution in [0, 0.1) is 0 Å². The van der Waals surface area contributed by atoms with Gasteiger partial charge in [0, 0.05) is 31.5 Å². The van der Waals surface area contributed by atoms with E-state index >= 15 is 0 Å². The summed E-state index contributed by atoms with van der Waals surface area (Å²) in [4.78, 5) is 4.37. The molecule has 1 aromatic rings. The molecule has 0 saturated heterocycles. The van der Waals surface area contributed by atoms with Gasteiger partial charge in [0.2, 0.25) is 0 Å². The second-order valence-corrected chi connectivity index (χ2v) is 6.98. The van der Waals surface area contributed by atoms with Crippen molar-refractivity contribution in [3.8, 4) is 0 Å². The molecule has 1 fully saturated rings. The lowest BCUT2D eigenvalue weighted by Crippen LogP contribution is -2.42. The third kappa shape index (κ3) is 5.74. The number of ether oxygens (including phenoxy) is 1. The first-order valence-corrected chi connectivity index (χ1v) is 9.70. The summed E-state index contributed by atoms with van der Waals surface area (Å²) in [6.45, 7) is 4.19. The predicted molar refractivity (Wildman–Crippen MR) is 100 cm³/mol. The SMILES string of the molecule is CCOCc1ccccc1CNC(=NC)NC1CCC(SC)C1. The highest BCUT2D eigenvalue weighted by molar-refractivity contribution is 7.99. The zero-order chi connectivity index (χ0) is 16.5. The minimum absolute atomic E-state index is 0.539. The van der Waals surface area contributed by atoms with Crippen molar-refractivity contribution in [2.75, 3.05) is 19.9 Å². The van der Waals surface area contributed by atoms with Crippen molar-refractivity contribution in [3.63, 3.8) is 0 Å². The number of hydrogen-bond acceptors (Lipinski definition) is 3. The van der Waals surface area contributed by atoms with Gasteiger partial charge in [0.25, 0.3) is 0 Å². The van der Waals surface area contributed by atoms with Crippen LogP contribution >= 0.6 is 11.8 Å². The summed E-state index contributed by atoms with van der Waals surface area (Å²) in [5, 5.41) is 7.79. The second-order valence-electron chi connectivity index (χ2n) is 5.84. The van der Waals surface area contributed by atoms with E-state index in [4.69, 9.17) is 4.74 Å². The average molecular weight is 336 g/mol. The van der Waals surface area contributed by atoms with Crippen molar-refractivity contribution in [1.29, 1.82) is 0 Å². The van der Waals surface area contributed by atoms with Crippen molar-refractivity contribution in [1.82, 2.24) is 10.6 Å². The van der Waals surface area contributed by atoms with Crippen LogP contribution in [0.2, 0.25) is 0 Å². The van der Waals surface area contributed by atoms with Gasteiger partial charge in [-0.3, -0.25) is 4.99 Å². The fourth-order valence-corrected chi connectivity index (χ4v) is 3.73. The molecule has 2 atom stereocenters. The van der Waals surface area contributed by atoms with E-state index in [-0.39, 0.29) is 0 Å². The van der Waals surface area contributed by atoms with E-state index in [1.54, 1.807) is 0 Å². The molecule has 0 radical (unpaired) electrons. The Morgan fingerprint density at radius 2 is 2.09 bits per heavy atom. The summed E-state index contributed by atoms with van der Waals surface area (Å²) >= 11 is 1.98. The summed E-state index contributed by atoms with van der Waals surface area (Å²) in [5.41, 5.74) is 2.50. The predicted octanol–water partition coefficient (Wildman–Crippen LogP) is 3.17. The van der Waals surface area contributed by atoms with Crippen molar-refractivity contribution in [3.05, 3.63) is 35.4 Å². The summed E-state index contributed by atoms with van der Waals surface area (Å²) in [5.74, 6) is 0.892. The van der Waals surface area contributed by atoms with Crippen LogP contribution in [0.4, 0.5) is 0 Å². The topological polar surface area (TPSA) is 45.6 Å². The van der Waals surface area contributed by atoms with Crippen LogP contribution in [0.5, 0.6) is 0 Å². The van der Waals surface area contributed by atoms with Gasteiger partial charge in [0.05, 0.1) is 6.61 Å². The van der Waals surface area contributed by atoms with Gasteiger partial charge >= 0.3 is 0 Å². The maximum absolute atomic E-state index is 5.55. The Morgan fingerprint density at radius 1 is 1.30 bits per heavy atom. The van der Waals surface area contributed by atoms with Gasteiger partial charge in [-0.15, -0.1) is 0 Å². The largest absolute Gasteiger partial charge is 0.377 e. The van der Waals surface area contributed by atoms with Crippen molar-refractivity contribution < 1.29 is 4.74 Å². The molecular formula is C18H29N3OS. The Morgan fingerprint density at radius 3 is 2.74 bits per heavy atom. The number of rotatable bonds is 7. The van der Waals surface area contributed by atoms with Crippen LogP contribution in [0.15, 0.2) is 29.3 Å². The van der Waals surface area contributed by atoms with E-state index in [2.05, 4.69) is 46.1 Å². The summed E-state index contributed by atoms with van der Waals surface area (Å²) in [6.07, 6.45) is 5.96. The molecule has 2 N–H and O–H groups in total. The lowest BCUT2D eigenvalue weighted by molar-refractivity contribution is 0.133. The second kappa shape index (κ2) is 9.83. The molecule has 0 aromatic heterocycles. The van der Waals surface area contributed by atoms with Gasteiger partial charge in [-0.2, -0.15) is 11.8 Å². The van der Waals surface area contributed by atoms with Gasteiger partial charge in [-0.05, 0) is 43.6 Å².